The molecule has 0 heterocycles. The molecule has 1 aromatic rings. The van der Waals surface area contributed by atoms with Crippen LogP contribution in [0.3, 0.4) is 0 Å². The molecule has 1 unspecified atom stereocenters. The number of benzene rings is 1. The number of esters is 1. The average molecular weight is 260 g/mol. The molecule has 0 aliphatic heterocycles. The van der Waals surface area contributed by atoms with Crippen molar-refractivity contribution in [3.8, 4) is 0 Å². The Hall–Kier alpha value is -1.31. The summed E-state index contributed by atoms with van der Waals surface area (Å²) in [4.78, 5) is 11.6. The van der Waals surface area contributed by atoms with Crippen LogP contribution in [0.4, 0.5) is 0 Å². The van der Waals surface area contributed by atoms with Gasteiger partial charge in [-0.25, -0.2) is 4.79 Å². The lowest BCUT2D eigenvalue weighted by Crippen LogP contribution is -2.05. The van der Waals surface area contributed by atoms with Crippen LogP contribution in [-0.2, 0) is 4.74 Å². The Labute approximate surface area is 116 Å². The summed E-state index contributed by atoms with van der Waals surface area (Å²) in [5.41, 5.74) is 2.59. The Morgan fingerprint density at radius 2 is 1.95 bits per heavy atom. The van der Waals surface area contributed by atoms with Gasteiger partial charge >= 0.3 is 5.97 Å². The molecule has 1 aromatic carbocycles. The van der Waals surface area contributed by atoms with Gasteiger partial charge in [0.2, 0.25) is 0 Å². The molecule has 104 valence electrons. The van der Waals surface area contributed by atoms with E-state index in [2.05, 4.69) is 26.0 Å². The lowest BCUT2D eigenvalue weighted by atomic mass is 9.91. The van der Waals surface area contributed by atoms with Crippen molar-refractivity contribution in [2.24, 2.45) is 5.41 Å². The highest BCUT2D eigenvalue weighted by atomic mass is 16.5. The summed E-state index contributed by atoms with van der Waals surface area (Å²) in [7, 11) is 0. The van der Waals surface area contributed by atoms with Crippen molar-refractivity contribution in [1.82, 2.24) is 0 Å². The summed E-state index contributed by atoms with van der Waals surface area (Å²) in [6, 6.07) is 7.88. The lowest BCUT2D eigenvalue weighted by Gasteiger charge is -2.15. The lowest BCUT2D eigenvalue weighted by molar-refractivity contribution is 0.0526. The minimum atomic E-state index is -0.229. The second-order valence-corrected chi connectivity index (χ2v) is 6.09. The maximum absolute atomic E-state index is 11.6. The van der Waals surface area contributed by atoms with Gasteiger partial charge in [-0.2, -0.15) is 0 Å². The summed E-state index contributed by atoms with van der Waals surface area (Å²) >= 11 is 0. The van der Waals surface area contributed by atoms with Gasteiger partial charge in [-0.3, -0.25) is 0 Å². The standard InChI is InChI=1S/C17H24O2/c1-4-19-16(18)15-7-5-14(6-8-15)13(2)9-10-17(3)11-12-17/h5-8,13H,4,9-12H2,1-3H3. The maximum atomic E-state index is 11.6. The van der Waals surface area contributed by atoms with Crippen molar-refractivity contribution < 1.29 is 9.53 Å². The predicted octanol–water partition coefficient (Wildman–Crippen LogP) is 4.55. The molecule has 0 amide bonds. The van der Waals surface area contributed by atoms with E-state index in [-0.39, 0.29) is 5.97 Å². The zero-order chi connectivity index (χ0) is 13.9. The molecule has 19 heavy (non-hydrogen) atoms. The minimum absolute atomic E-state index is 0.229. The van der Waals surface area contributed by atoms with Gasteiger partial charge in [0.25, 0.3) is 0 Å². The Morgan fingerprint density at radius 3 is 2.47 bits per heavy atom. The largest absolute Gasteiger partial charge is 0.462 e. The smallest absolute Gasteiger partial charge is 0.338 e. The maximum Gasteiger partial charge on any atom is 0.338 e. The van der Waals surface area contributed by atoms with E-state index in [4.69, 9.17) is 4.74 Å². The molecule has 0 bridgehead atoms. The second-order valence-electron chi connectivity index (χ2n) is 6.09. The number of carbonyl (C=O) groups excluding carboxylic acids is 1. The minimum Gasteiger partial charge on any atom is -0.462 e. The quantitative estimate of drug-likeness (QED) is 0.701. The van der Waals surface area contributed by atoms with Crippen LogP contribution >= 0.6 is 0 Å². The molecule has 0 radical (unpaired) electrons. The molecule has 1 aliphatic carbocycles. The number of ether oxygens (including phenoxy) is 1. The van der Waals surface area contributed by atoms with Gasteiger partial charge in [0.15, 0.2) is 0 Å². The van der Waals surface area contributed by atoms with E-state index in [1.165, 1.54) is 31.2 Å². The monoisotopic (exact) mass is 260 g/mol. The molecule has 0 spiro atoms. The summed E-state index contributed by atoms with van der Waals surface area (Å²) in [5, 5.41) is 0. The van der Waals surface area contributed by atoms with Gasteiger partial charge in [-0.05, 0) is 61.6 Å². The average Bonchev–Trinajstić information content (AvgIpc) is 3.15. The first-order valence-electron chi connectivity index (χ1n) is 7.31. The molecule has 0 N–H and O–H groups in total. The molecule has 2 nitrogen and oxygen atoms in total. The van der Waals surface area contributed by atoms with Crippen LogP contribution in [0.5, 0.6) is 0 Å². The number of carbonyl (C=O) groups is 1. The van der Waals surface area contributed by atoms with E-state index in [1.807, 2.05) is 19.1 Å². The van der Waals surface area contributed by atoms with E-state index >= 15 is 0 Å². The van der Waals surface area contributed by atoms with E-state index in [0.717, 1.165) is 0 Å². The SMILES string of the molecule is CCOC(=O)c1ccc(C(C)CCC2(C)CC2)cc1. The van der Waals surface area contributed by atoms with E-state index in [1.54, 1.807) is 0 Å². The number of hydrogen-bond donors (Lipinski definition) is 0. The Morgan fingerprint density at radius 1 is 1.32 bits per heavy atom. The molecule has 0 aromatic heterocycles. The molecular formula is C17H24O2. The molecular weight excluding hydrogens is 236 g/mol. The van der Waals surface area contributed by atoms with Crippen molar-refractivity contribution in [2.45, 2.75) is 52.4 Å². The normalized spacial score (nSPS) is 17.8. The predicted molar refractivity (Wildman–Crippen MR) is 77.4 cm³/mol. The van der Waals surface area contributed by atoms with Crippen LogP contribution in [-0.4, -0.2) is 12.6 Å². The van der Waals surface area contributed by atoms with Crippen LogP contribution in [0.15, 0.2) is 24.3 Å². The Balaban J connectivity index is 1.91. The fraction of sp³-hybridized carbons (Fsp3) is 0.588. The van der Waals surface area contributed by atoms with Crippen LogP contribution in [0.2, 0.25) is 0 Å². The Bertz CT molecular complexity index is 429. The first-order chi connectivity index (χ1) is 9.04. The van der Waals surface area contributed by atoms with Crippen molar-refractivity contribution in [3.63, 3.8) is 0 Å². The van der Waals surface area contributed by atoms with Crippen molar-refractivity contribution >= 4 is 5.97 Å². The van der Waals surface area contributed by atoms with Crippen molar-refractivity contribution in [1.29, 1.82) is 0 Å². The zero-order valence-electron chi connectivity index (χ0n) is 12.2. The van der Waals surface area contributed by atoms with E-state index in [0.29, 0.717) is 23.5 Å². The third-order valence-corrected chi connectivity index (χ3v) is 4.28. The highest BCUT2D eigenvalue weighted by molar-refractivity contribution is 5.89. The van der Waals surface area contributed by atoms with E-state index < -0.39 is 0 Å². The topological polar surface area (TPSA) is 26.3 Å². The van der Waals surface area contributed by atoms with Gasteiger partial charge in [0, 0.05) is 0 Å². The van der Waals surface area contributed by atoms with E-state index in [9.17, 15) is 4.79 Å². The number of hydrogen-bond acceptors (Lipinski definition) is 2. The van der Waals surface area contributed by atoms with Gasteiger partial charge in [0.1, 0.15) is 0 Å². The second kappa shape index (κ2) is 5.77. The summed E-state index contributed by atoms with van der Waals surface area (Å²) in [5.74, 6) is 0.334. The van der Waals surface area contributed by atoms with Crippen LogP contribution in [0, 0.1) is 5.41 Å². The molecule has 2 rings (SSSR count). The summed E-state index contributed by atoms with van der Waals surface area (Å²) in [6.45, 7) is 6.90. The third-order valence-electron chi connectivity index (χ3n) is 4.28. The molecule has 0 saturated heterocycles. The Kier molecular flexibility index (Phi) is 4.28. The van der Waals surface area contributed by atoms with Crippen LogP contribution in [0.1, 0.15) is 68.3 Å². The highest BCUT2D eigenvalue weighted by Crippen LogP contribution is 2.50. The van der Waals surface area contributed by atoms with Gasteiger partial charge < -0.3 is 4.74 Å². The fourth-order valence-electron chi connectivity index (χ4n) is 2.36. The highest BCUT2D eigenvalue weighted by Gasteiger charge is 2.36. The van der Waals surface area contributed by atoms with Gasteiger partial charge in [0.05, 0.1) is 12.2 Å². The fourth-order valence-corrected chi connectivity index (χ4v) is 2.36. The molecule has 2 heteroatoms. The van der Waals surface area contributed by atoms with Crippen LogP contribution in [0.25, 0.3) is 0 Å². The molecule has 1 saturated carbocycles. The molecule has 1 fully saturated rings. The van der Waals surface area contributed by atoms with Crippen molar-refractivity contribution in [3.05, 3.63) is 35.4 Å². The van der Waals surface area contributed by atoms with Crippen LogP contribution < -0.4 is 0 Å². The first kappa shape index (κ1) is 14.1. The first-order valence-corrected chi connectivity index (χ1v) is 7.31. The molecule has 1 atom stereocenters. The summed E-state index contributed by atoms with van der Waals surface area (Å²) in [6.07, 6.45) is 5.33. The molecule has 1 aliphatic rings. The zero-order valence-corrected chi connectivity index (χ0v) is 12.2. The van der Waals surface area contributed by atoms with Crippen molar-refractivity contribution in [2.75, 3.05) is 6.61 Å². The van der Waals surface area contributed by atoms with Gasteiger partial charge in [-0.1, -0.05) is 26.0 Å². The summed E-state index contributed by atoms with van der Waals surface area (Å²) < 4.78 is 4.99. The number of rotatable bonds is 6. The van der Waals surface area contributed by atoms with Gasteiger partial charge in [-0.15, -0.1) is 0 Å². The third kappa shape index (κ3) is 3.82.